The van der Waals surface area contributed by atoms with E-state index in [0.717, 1.165) is 15.9 Å². The third-order valence-electron chi connectivity index (χ3n) is 3.41. The lowest BCUT2D eigenvalue weighted by Gasteiger charge is -2.21. The van der Waals surface area contributed by atoms with Crippen molar-refractivity contribution in [3.8, 4) is 5.69 Å². The summed E-state index contributed by atoms with van der Waals surface area (Å²) in [4.78, 5) is 4.27. The van der Waals surface area contributed by atoms with Crippen LogP contribution in [0, 0.1) is 0 Å². The van der Waals surface area contributed by atoms with Crippen molar-refractivity contribution in [2.75, 3.05) is 0 Å². The summed E-state index contributed by atoms with van der Waals surface area (Å²) in [6, 6.07) is 12.4. The number of imidazole rings is 1. The quantitative estimate of drug-likeness (QED) is 0.772. The molecule has 0 radical (unpaired) electrons. The molecule has 0 fully saturated rings. The normalized spacial score (nSPS) is 12.0. The zero-order valence-corrected chi connectivity index (χ0v) is 13.1. The van der Waals surface area contributed by atoms with Gasteiger partial charge in [0.2, 0.25) is 0 Å². The van der Waals surface area contributed by atoms with Crippen LogP contribution in [0.1, 0.15) is 19.5 Å². The van der Waals surface area contributed by atoms with E-state index in [1.54, 1.807) is 0 Å². The molecule has 0 aliphatic carbocycles. The predicted octanol–water partition coefficient (Wildman–Crippen LogP) is 3.98. The average Bonchev–Trinajstić information content (AvgIpc) is 2.89. The monoisotopic (exact) mass is 329 g/mol. The van der Waals surface area contributed by atoms with E-state index in [4.69, 9.17) is 5.73 Å². The minimum Gasteiger partial charge on any atom is -0.321 e. The minimum atomic E-state index is -0.440. The van der Waals surface area contributed by atoms with Gasteiger partial charge in [0.1, 0.15) is 0 Å². The second-order valence-electron chi connectivity index (χ2n) is 5.48. The fourth-order valence-corrected chi connectivity index (χ4v) is 2.90. The van der Waals surface area contributed by atoms with Crippen molar-refractivity contribution in [1.29, 1.82) is 0 Å². The van der Waals surface area contributed by atoms with E-state index in [0.29, 0.717) is 0 Å². The van der Waals surface area contributed by atoms with Gasteiger partial charge in [-0.1, -0.05) is 40.2 Å². The second kappa shape index (κ2) is 4.72. The number of hydrogen-bond donors (Lipinski definition) is 1. The molecule has 0 saturated carbocycles. The van der Waals surface area contributed by atoms with E-state index in [1.807, 2.05) is 38.5 Å². The van der Waals surface area contributed by atoms with Gasteiger partial charge >= 0.3 is 0 Å². The van der Waals surface area contributed by atoms with Crippen molar-refractivity contribution in [1.82, 2.24) is 9.55 Å². The number of nitrogens with two attached hydrogens (primary N) is 1. The molecule has 0 bridgehead atoms. The summed E-state index contributed by atoms with van der Waals surface area (Å²) < 4.78 is 3.15. The number of benzene rings is 2. The summed E-state index contributed by atoms with van der Waals surface area (Å²) in [5.41, 5.74) is 7.89. The smallest absolute Gasteiger partial charge is 0.0995 e. The van der Waals surface area contributed by atoms with Gasteiger partial charge in [-0.05, 0) is 31.4 Å². The molecule has 0 amide bonds. The molecule has 2 aromatic carbocycles. The van der Waals surface area contributed by atoms with Gasteiger partial charge < -0.3 is 10.3 Å². The lowest BCUT2D eigenvalue weighted by molar-refractivity contribution is 0.525. The summed E-state index contributed by atoms with van der Waals surface area (Å²) in [5.74, 6) is 0. The summed E-state index contributed by atoms with van der Waals surface area (Å²) in [7, 11) is 0. The summed E-state index contributed by atoms with van der Waals surface area (Å²) >= 11 is 3.60. The van der Waals surface area contributed by atoms with Crippen LogP contribution in [0.2, 0.25) is 0 Å². The molecule has 0 aliphatic rings. The van der Waals surface area contributed by atoms with Crippen molar-refractivity contribution in [3.05, 3.63) is 59.1 Å². The summed E-state index contributed by atoms with van der Waals surface area (Å²) in [6.07, 6.45) is 3.65. The van der Waals surface area contributed by atoms with Crippen LogP contribution in [-0.4, -0.2) is 9.55 Å². The van der Waals surface area contributed by atoms with Crippen LogP contribution in [0.5, 0.6) is 0 Å². The molecule has 1 aromatic heterocycles. The van der Waals surface area contributed by atoms with Crippen LogP contribution in [0.25, 0.3) is 16.5 Å². The Morgan fingerprint density at radius 1 is 1.10 bits per heavy atom. The highest BCUT2D eigenvalue weighted by atomic mass is 79.9. The largest absolute Gasteiger partial charge is 0.321 e. The van der Waals surface area contributed by atoms with E-state index in [9.17, 15) is 0 Å². The highest BCUT2D eigenvalue weighted by Gasteiger charge is 2.20. The third-order valence-corrected chi connectivity index (χ3v) is 4.10. The molecule has 0 saturated heterocycles. The molecule has 3 aromatic rings. The van der Waals surface area contributed by atoms with Crippen molar-refractivity contribution in [2.24, 2.45) is 5.73 Å². The minimum absolute atomic E-state index is 0.440. The average molecular weight is 330 g/mol. The maximum absolute atomic E-state index is 6.24. The lowest BCUT2D eigenvalue weighted by atomic mass is 10.0. The Balaban J connectivity index is 2.32. The van der Waals surface area contributed by atoms with Gasteiger partial charge in [0.15, 0.2) is 0 Å². The fourth-order valence-electron chi connectivity index (χ4n) is 2.42. The first-order valence-electron chi connectivity index (χ1n) is 6.48. The van der Waals surface area contributed by atoms with Gasteiger partial charge in [-0.15, -0.1) is 0 Å². The topological polar surface area (TPSA) is 43.8 Å². The molecular formula is C16H16BrN3. The Hall–Kier alpha value is -1.65. The summed E-state index contributed by atoms with van der Waals surface area (Å²) in [6.45, 7) is 3.98. The number of hydrogen-bond acceptors (Lipinski definition) is 2. The molecule has 20 heavy (non-hydrogen) atoms. The van der Waals surface area contributed by atoms with Gasteiger partial charge in [0, 0.05) is 9.86 Å². The van der Waals surface area contributed by atoms with Crippen LogP contribution in [0.3, 0.4) is 0 Å². The molecule has 2 N–H and O–H groups in total. The Bertz CT molecular complexity index is 769. The molecule has 0 spiro atoms. The van der Waals surface area contributed by atoms with Gasteiger partial charge in [0.05, 0.1) is 29.4 Å². The molecular weight excluding hydrogens is 314 g/mol. The van der Waals surface area contributed by atoms with Gasteiger partial charge in [-0.3, -0.25) is 0 Å². The lowest BCUT2D eigenvalue weighted by Crippen LogP contribution is -2.31. The highest BCUT2D eigenvalue weighted by Crippen LogP contribution is 2.31. The highest BCUT2D eigenvalue weighted by molar-refractivity contribution is 9.10. The van der Waals surface area contributed by atoms with Gasteiger partial charge in [0.25, 0.3) is 0 Å². The van der Waals surface area contributed by atoms with Crippen LogP contribution < -0.4 is 5.73 Å². The molecule has 0 aliphatic heterocycles. The molecule has 3 nitrogen and oxygen atoms in total. The van der Waals surface area contributed by atoms with E-state index < -0.39 is 5.54 Å². The standard InChI is InChI=1S/C16H16BrN3/c1-16(2,18)15-9-19-10-20(15)14-8-7-13(17)11-5-3-4-6-12(11)14/h3-10H,18H2,1-2H3. The first-order valence-corrected chi connectivity index (χ1v) is 7.27. The maximum Gasteiger partial charge on any atom is 0.0995 e. The first-order chi connectivity index (χ1) is 9.48. The predicted molar refractivity (Wildman–Crippen MR) is 86.0 cm³/mol. The van der Waals surface area contributed by atoms with Crippen molar-refractivity contribution in [3.63, 3.8) is 0 Å². The van der Waals surface area contributed by atoms with E-state index in [-0.39, 0.29) is 0 Å². The zero-order chi connectivity index (χ0) is 14.3. The first kappa shape index (κ1) is 13.3. The molecule has 3 rings (SSSR count). The summed E-state index contributed by atoms with van der Waals surface area (Å²) in [5, 5.41) is 2.35. The number of halogens is 1. The Labute approximate surface area is 126 Å². The van der Waals surface area contributed by atoms with Crippen molar-refractivity contribution in [2.45, 2.75) is 19.4 Å². The van der Waals surface area contributed by atoms with Crippen molar-refractivity contribution < 1.29 is 0 Å². The maximum atomic E-state index is 6.24. The number of nitrogens with zero attached hydrogens (tertiary/aromatic N) is 2. The van der Waals surface area contributed by atoms with Gasteiger partial charge in [-0.2, -0.15) is 0 Å². The third kappa shape index (κ3) is 2.15. The van der Waals surface area contributed by atoms with E-state index in [2.05, 4.69) is 49.7 Å². The van der Waals surface area contributed by atoms with Crippen molar-refractivity contribution >= 4 is 26.7 Å². The van der Waals surface area contributed by atoms with E-state index in [1.165, 1.54) is 10.8 Å². The van der Waals surface area contributed by atoms with Crippen LogP contribution in [0.4, 0.5) is 0 Å². The van der Waals surface area contributed by atoms with Crippen LogP contribution >= 0.6 is 15.9 Å². The Morgan fingerprint density at radius 3 is 2.50 bits per heavy atom. The fraction of sp³-hybridized carbons (Fsp3) is 0.188. The second-order valence-corrected chi connectivity index (χ2v) is 6.34. The number of aromatic nitrogens is 2. The molecule has 1 heterocycles. The molecule has 0 atom stereocenters. The molecule has 4 heteroatoms. The Morgan fingerprint density at radius 2 is 1.80 bits per heavy atom. The van der Waals surface area contributed by atoms with Gasteiger partial charge in [-0.25, -0.2) is 4.98 Å². The Kier molecular flexibility index (Phi) is 3.15. The van der Waals surface area contributed by atoms with E-state index >= 15 is 0 Å². The SMILES string of the molecule is CC(C)(N)c1cncn1-c1ccc(Br)c2ccccc12. The van der Waals surface area contributed by atoms with Crippen LogP contribution in [-0.2, 0) is 5.54 Å². The van der Waals surface area contributed by atoms with Crippen LogP contribution in [0.15, 0.2) is 53.4 Å². The number of rotatable bonds is 2. The number of fused-ring (bicyclic) bond motifs is 1. The molecule has 0 unspecified atom stereocenters. The molecule has 102 valence electrons. The zero-order valence-electron chi connectivity index (χ0n) is 11.5.